The second-order valence-corrected chi connectivity index (χ2v) is 8.03. The molecule has 2 aromatic rings. The lowest BCUT2D eigenvalue weighted by molar-refractivity contribution is 0.0526. The molecule has 146 valence electrons. The van der Waals surface area contributed by atoms with Gasteiger partial charge in [0.05, 0.1) is 12.2 Å². The molecule has 1 aliphatic heterocycles. The first-order chi connectivity index (χ1) is 12.5. The maximum Gasteiger partial charge on any atom is 0.341 e. The van der Waals surface area contributed by atoms with E-state index in [-0.39, 0.29) is 24.3 Å². The molecule has 5 nitrogen and oxygen atoms in total. The third kappa shape index (κ3) is 4.90. The quantitative estimate of drug-likeness (QED) is 0.637. The van der Waals surface area contributed by atoms with Crippen molar-refractivity contribution in [2.45, 2.75) is 26.8 Å². The van der Waals surface area contributed by atoms with Gasteiger partial charge < -0.3 is 10.1 Å². The molecular formula is C19H22BrClN2O3S. The van der Waals surface area contributed by atoms with Crippen LogP contribution >= 0.6 is 39.7 Å². The fourth-order valence-electron chi connectivity index (χ4n) is 3.01. The number of benzene rings is 1. The summed E-state index contributed by atoms with van der Waals surface area (Å²) in [6.45, 7) is 6.90. The topological polar surface area (TPSA) is 58.6 Å². The van der Waals surface area contributed by atoms with E-state index in [0.29, 0.717) is 22.7 Å². The van der Waals surface area contributed by atoms with Crippen molar-refractivity contribution < 1.29 is 14.3 Å². The van der Waals surface area contributed by atoms with Crippen molar-refractivity contribution >= 4 is 56.6 Å². The van der Waals surface area contributed by atoms with Crippen molar-refractivity contribution in [2.75, 3.05) is 25.0 Å². The maximum atomic E-state index is 12.6. The SMILES string of the molecule is CCOC(=O)c1c(NC(=O)c2ccc(Br)cc2)sc2c1CCN(CC)C2.Cl. The molecule has 27 heavy (non-hydrogen) atoms. The molecule has 0 saturated carbocycles. The zero-order valence-corrected chi connectivity index (χ0v) is 18.4. The van der Waals surface area contributed by atoms with E-state index in [0.717, 1.165) is 41.0 Å². The number of hydrogen-bond acceptors (Lipinski definition) is 5. The van der Waals surface area contributed by atoms with Gasteiger partial charge in [-0.15, -0.1) is 23.7 Å². The number of rotatable bonds is 5. The monoisotopic (exact) mass is 472 g/mol. The molecule has 1 amide bonds. The molecule has 8 heteroatoms. The first kappa shape index (κ1) is 21.9. The minimum Gasteiger partial charge on any atom is -0.462 e. The van der Waals surface area contributed by atoms with Crippen molar-refractivity contribution in [1.82, 2.24) is 4.90 Å². The van der Waals surface area contributed by atoms with Crippen molar-refractivity contribution in [1.29, 1.82) is 0 Å². The standard InChI is InChI=1S/C19H21BrN2O3S.ClH/c1-3-22-10-9-14-15(11-22)26-18(16(14)19(24)25-4-2)21-17(23)12-5-7-13(20)8-6-12;/h5-8H,3-4,9-11H2,1-2H3,(H,21,23);1H. The summed E-state index contributed by atoms with van der Waals surface area (Å²) < 4.78 is 6.16. The highest BCUT2D eigenvalue weighted by atomic mass is 79.9. The summed E-state index contributed by atoms with van der Waals surface area (Å²) in [5.41, 5.74) is 2.09. The van der Waals surface area contributed by atoms with E-state index in [1.165, 1.54) is 11.3 Å². The number of esters is 1. The van der Waals surface area contributed by atoms with Gasteiger partial charge in [-0.05, 0) is 49.7 Å². The molecule has 0 saturated heterocycles. The maximum absolute atomic E-state index is 12.6. The van der Waals surface area contributed by atoms with E-state index in [9.17, 15) is 9.59 Å². The van der Waals surface area contributed by atoms with Crippen LogP contribution in [0.4, 0.5) is 5.00 Å². The Morgan fingerprint density at radius 2 is 1.96 bits per heavy atom. The second-order valence-electron chi connectivity index (χ2n) is 6.01. The minimum atomic E-state index is -0.360. The van der Waals surface area contributed by atoms with Gasteiger partial charge in [0.1, 0.15) is 5.00 Å². The molecule has 3 rings (SSSR count). The molecule has 0 unspecified atom stereocenters. The van der Waals surface area contributed by atoms with Crippen LogP contribution < -0.4 is 5.32 Å². The number of anilines is 1. The molecule has 0 aliphatic carbocycles. The molecule has 1 N–H and O–H groups in total. The van der Waals surface area contributed by atoms with Gasteiger partial charge in [0.15, 0.2) is 0 Å². The number of halogens is 2. The third-order valence-corrected chi connectivity index (χ3v) is 6.06. The molecule has 0 fully saturated rings. The van der Waals surface area contributed by atoms with Crippen molar-refractivity contribution in [3.8, 4) is 0 Å². The predicted octanol–water partition coefficient (Wildman–Crippen LogP) is 4.74. The van der Waals surface area contributed by atoms with Crippen LogP contribution in [-0.2, 0) is 17.7 Å². The fourth-order valence-corrected chi connectivity index (χ4v) is 4.55. The zero-order chi connectivity index (χ0) is 18.7. The zero-order valence-electron chi connectivity index (χ0n) is 15.2. The molecule has 0 radical (unpaired) electrons. The average Bonchev–Trinajstić information content (AvgIpc) is 2.99. The number of carbonyl (C=O) groups is 2. The van der Waals surface area contributed by atoms with Gasteiger partial charge in [0.2, 0.25) is 0 Å². The van der Waals surface area contributed by atoms with E-state index >= 15 is 0 Å². The van der Waals surface area contributed by atoms with Crippen molar-refractivity contribution in [2.24, 2.45) is 0 Å². The number of nitrogens with zero attached hydrogens (tertiary/aromatic N) is 1. The summed E-state index contributed by atoms with van der Waals surface area (Å²) in [6.07, 6.45) is 0.794. The second kappa shape index (κ2) is 9.68. The molecule has 2 heterocycles. The van der Waals surface area contributed by atoms with E-state index < -0.39 is 0 Å². The third-order valence-electron chi connectivity index (χ3n) is 4.40. The summed E-state index contributed by atoms with van der Waals surface area (Å²) in [5, 5.41) is 3.50. The smallest absolute Gasteiger partial charge is 0.341 e. The summed E-state index contributed by atoms with van der Waals surface area (Å²) in [7, 11) is 0. The molecule has 1 aliphatic rings. The number of hydrogen-bond donors (Lipinski definition) is 1. The van der Waals surface area contributed by atoms with Gasteiger partial charge in [-0.2, -0.15) is 0 Å². The first-order valence-corrected chi connectivity index (χ1v) is 10.2. The van der Waals surface area contributed by atoms with Crippen LogP contribution in [0, 0.1) is 0 Å². The highest BCUT2D eigenvalue weighted by Gasteiger charge is 2.29. The Morgan fingerprint density at radius 3 is 2.59 bits per heavy atom. The Hall–Kier alpha value is -1.41. The number of fused-ring (bicyclic) bond motifs is 1. The van der Waals surface area contributed by atoms with E-state index in [1.807, 2.05) is 12.1 Å². The van der Waals surface area contributed by atoms with Crippen LogP contribution in [0.2, 0.25) is 0 Å². The van der Waals surface area contributed by atoms with Crippen LogP contribution in [0.3, 0.4) is 0 Å². The van der Waals surface area contributed by atoms with Gasteiger partial charge in [-0.25, -0.2) is 4.79 Å². The van der Waals surface area contributed by atoms with Crippen LogP contribution in [0.25, 0.3) is 0 Å². The Kier molecular flexibility index (Phi) is 7.85. The molecule has 1 aromatic heterocycles. The number of carbonyl (C=O) groups excluding carboxylic acids is 2. The first-order valence-electron chi connectivity index (χ1n) is 8.64. The van der Waals surface area contributed by atoms with Gasteiger partial charge in [-0.1, -0.05) is 22.9 Å². The average molecular weight is 474 g/mol. The van der Waals surface area contributed by atoms with Gasteiger partial charge in [0, 0.05) is 28.0 Å². The summed E-state index contributed by atoms with van der Waals surface area (Å²) in [5.74, 6) is -0.588. The lowest BCUT2D eigenvalue weighted by Crippen LogP contribution is -2.30. The van der Waals surface area contributed by atoms with Gasteiger partial charge in [0.25, 0.3) is 5.91 Å². The number of likely N-dealkylation sites (N-methyl/N-ethyl adjacent to an activating group) is 1. The van der Waals surface area contributed by atoms with Crippen LogP contribution in [0.15, 0.2) is 28.7 Å². The minimum absolute atomic E-state index is 0. The largest absolute Gasteiger partial charge is 0.462 e. The summed E-state index contributed by atoms with van der Waals surface area (Å²) in [4.78, 5) is 28.6. The van der Waals surface area contributed by atoms with Crippen molar-refractivity contribution in [3.63, 3.8) is 0 Å². The highest BCUT2D eigenvalue weighted by molar-refractivity contribution is 9.10. The van der Waals surface area contributed by atoms with E-state index in [4.69, 9.17) is 4.74 Å². The number of nitrogens with one attached hydrogen (secondary N) is 1. The summed E-state index contributed by atoms with van der Waals surface area (Å²) >= 11 is 4.84. The highest BCUT2D eigenvalue weighted by Crippen LogP contribution is 2.37. The van der Waals surface area contributed by atoms with Crippen LogP contribution in [-0.4, -0.2) is 36.5 Å². The summed E-state index contributed by atoms with van der Waals surface area (Å²) in [6, 6.07) is 7.13. The Bertz CT molecular complexity index is 823. The molecule has 0 spiro atoms. The fraction of sp³-hybridized carbons (Fsp3) is 0.368. The Morgan fingerprint density at radius 1 is 1.26 bits per heavy atom. The van der Waals surface area contributed by atoms with Gasteiger partial charge >= 0.3 is 5.97 Å². The van der Waals surface area contributed by atoms with Crippen molar-refractivity contribution in [3.05, 3.63) is 50.3 Å². The normalized spacial score (nSPS) is 13.4. The molecule has 0 bridgehead atoms. The van der Waals surface area contributed by atoms with E-state index in [1.54, 1.807) is 19.1 Å². The number of ether oxygens (including phenoxy) is 1. The number of amides is 1. The van der Waals surface area contributed by atoms with Crippen LogP contribution in [0.5, 0.6) is 0 Å². The van der Waals surface area contributed by atoms with Gasteiger partial charge in [-0.3, -0.25) is 9.69 Å². The number of thiophene rings is 1. The lowest BCUT2D eigenvalue weighted by Gasteiger charge is -2.25. The Balaban J connectivity index is 0.00000261. The molecule has 0 atom stereocenters. The lowest BCUT2D eigenvalue weighted by atomic mass is 10.0. The van der Waals surface area contributed by atoms with E-state index in [2.05, 4.69) is 33.1 Å². The van der Waals surface area contributed by atoms with Crippen LogP contribution in [0.1, 0.15) is 45.0 Å². The predicted molar refractivity (Wildman–Crippen MR) is 114 cm³/mol. The molecular weight excluding hydrogens is 452 g/mol. The Labute approximate surface area is 177 Å². The molecule has 1 aromatic carbocycles.